The van der Waals surface area contributed by atoms with Gasteiger partial charge in [0, 0.05) is 25.3 Å². The number of carboxylic acids is 1. The molecule has 0 spiro atoms. The quantitative estimate of drug-likeness (QED) is 0.876. The Kier molecular flexibility index (Phi) is 5.81. The lowest BCUT2D eigenvalue weighted by Gasteiger charge is -2.31. The van der Waals surface area contributed by atoms with Crippen LogP contribution in [0.4, 0.5) is 5.69 Å². The number of nitrogens with zero attached hydrogens (tertiary/aromatic N) is 2. The van der Waals surface area contributed by atoms with Crippen molar-refractivity contribution in [2.24, 2.45) is 0 Å². The van der Waals surface area contributed by atoms with E-state index in [1.165, 1.54) is 6.42 Å². The number of benzene rings is 1. The van der Waals surface area contributed by atoms with E-state index in [1.807, 2.05) is 41.0 Å². The van der Waals surface area contributed by atoms with E-state index < -0.39 is 5.97 Å². The van der Waals surface area contributed by atoms with Crippen LogP contribution in [-0.4, -0.2) is 48.1 Å². The molecule has 1 fully saturated rings. The summed E-state index contributed by atoms with van der Waals surface area (Å²) in [7, 11) is 0. The van der Waals surface area contributed by atoms with Gasteiger partial charge in [0.2, 0.25) is 5.91 Å². The zero-order chi connectivity index (χ0) is 15.9. The first-order chi connectivity index (χ1) is 10.6. The van der Waals surface area contributed by atoms with Crippen molar-refractivity contribution in [3.63, 3.8) is 0 Å². The van der Waals surface area contributed by atoms with Gasteiger partial charge in [0.15, 0.2) is 0 Å². The molecule has 1 aromatic rings. The summed E-state index contributed by atoms with van der Waals surface area (Å²) in [5, 5.41) is 8.92. The largest absolute Gasteiger partial charge is 0.481 e. The Morgan fingerprint density at radius 2 is 1.95 bits per heavy atom. The van der Waals surface area contributed by atoms with Gasteiger partial charge in [0.05, 0.1) is 13.0 Å². The van der Waals surface area contributed by atoms with Gasteiger partial charge < -0.3 is 14.9 Å². The molecular weight excluding hydrogens is 280 g/mol. The van der Waals surface area contributed by atoms with E-state index in [1.54, 1.807) is 0 Å². The lowest BCUT2D eigenvalue weighted by molar-refractivity contribution is -0.137. The number of piperidine rings is 1. The predicted octanol–water partition coefficient (Wildman–Crippen LogP) is 2.29. The Morgan fingerprint density at radius 3 is 2.59 bits per heavy atom. The molecule has 1 saturated heterocycles. The number of aryl methyl sites for hydroxylation is 1. The van der Waals surface area contributed by atoms with Crippen LogP contribution in [0, 0.1) is 6.92 Å². The van der Waals surface area contributed by atoms with E-state index in [0.29, 0.717) is 6.54 Å². The van der Waals surface area contributed by atoms with Crippen molar-refractivity contribution < 1.29 is 14.7 Å². The number of hydrogen-bond acceptors (Lipinski definition) is 3. The van der Waals surface area contributed by atoms with Crippen molar-refractivity contribution in [2.45, 2.75) is 32.6 Å². The third kappa shape index (κ3) is 4.76. The second kappa shape index (κ2) is 7.82. The summed E-state index contributed by atoms with van der Waals surface area (Å²) < 4.78 is 0. The summed E-state index contributed by atoms with van der Waals surface area (Å²) in [6.45, 7) is 4.22. The molecule has 1 N–H and O–H groups in total. The first-order valence-corrected chi connectivity index (χ1v) is 7.87. The van der Waals surface area contributed by atoms with Crippen molar-refractivity contribution in [3.8, 4) is 0 Å². The molecule has 0 aliphatic carbocycles. The molecule has 2 rings (SSSR count). The molecule has 0 aromatic heterocycles. The summed E-state index contributed by atoms with van der Waals surface area (Å²) in [5.74, 6) is -0.755. The molecule has 1 aliphatic heterocycles. The first-order valence-electron chi connectivity index (χ1n) is 7.87. The number of hydrogen-bond donors (Lipinski definition) is 1. The maximum Gasteiger partial charge on any atom is 0.305 e. The highest BCUT2D eigenvalue weighted by molar-refractivity contribution is 5.82. The molecule has 0 saturated carbocycles. The smallest absolute Gasteiger partial charge is 0.305 e. The van der Waals surface area contributed by atoms with Crippen LogP contribution in [0.3, 0.4) is 0 Å². The number of carboxylic acid groups (broad SMARTS) is 1. The third-order valence-corrected chi connectivity index (χ3v) is 4.00. The van der Waals surface area contributed by atoms with E-state index in [4.69, 9.17) is 5.11 Å². The van der Waals surface area contributed by atoms with Gasteiger partial charge in [0.25, 0.3) is 0 Å². The molecule has 1 aliphatic rings. The highest BCUT2D eigenvalue weighted by Crippen LogP contribution is 2.17. The van der Waals surface area contributed by atoms with E-state index in [-0.39, 0.29) is 18.9 Å². The number of amides is 1. The Bertz CT molecular complexity index is 524. The monoisotopic (exact) mass is 304 g/mol. The van der Waals surface area contributed by atoms with E-state index in [9.17, 15) is 9.59 Å². The van der Waals surface area contributed by atoms with Gasteiger partial charge in [-0.05, 0) is 43.9 Å². The molecule has 5 nitrogen and oxygen atoms in total. The summed E-state index contributed by atoms with van der Waals surface area (Å²) in [4.78, 5) is 27.1. The number of carbonyl (C=O) groups is 2. The normalized spacial score (nSPS) is 14.7. The fourth-order valence-electron chi connectivity index (χ4n) is 2.76. The summed E-state index contributed by atoms with van der Waals surface area (Å²) in [6.07, 6.45) is 3.34. The molecule has 0 radical (unpaired) electrons. The van der Waals surface area contributed by atoms with Crippen molar-refractivity contribution in [3.05, 3.63) is 29.8 Å². The number of aliphatic carboxylic acids is 1. The highest BCUT2D eigenvalue weighted by atomic mass is 16.4. The molecule has 5 heteroatoms. The van der Waals surface area contributed by atoms with Gasteiger partial charge in [-0.15, -0.1) is 0 Å². The standard InChI is InChI=1S/C17H24N2O3/c1-14-6-5-7-15(12-14)19(11-8-17(21)22)13-16(20)18-9-3-2-4-10-18/h5-7,12H,2-4,8-11,13H2,1H3,(H,21,22). The van der Waals surface area contributed by atoms with Crippen LogP contribution in [0.25, 0.3) is 0 Å². The van der Waals surface area contributed by atoms with E-state index in [0.717, 1.165) is 37.2 Å². The molecule has 120 valence electrons. The van der Waals surface area contributed by atoms with Crippen LogP contribution in [0.5, 0.6) is 0 Å². The molecule has 1 amide bonds. The SMILES string of the molecule is Cc1cccc(N(CCC(=O)O)CC(=O)N2CCCCC2)c1. The average molecular weight is 304 g/mol. The van der Waals surface area contributed by atoms with Crippen LogP contribution in [0.1, 0.15) is 31.2 Å². The summed E-state index contributed by atoms with van der Waals surface area (Å²) in [6, 6.07) is 7.85. The lowest BCUT2D eigenvalue weighted by atomic mass is 10.1. The van der Waals surface area contributed by atoms with Crippen LogP contribution in [0.2, 0.25) is 0 Å². The van der Waals surface area contributed by atoms with Crippen molar-refractivity contribution in [2.75, 3.05) is 31.1 Å². The summed E-state index contributed by atoms with van der Waals surface area (Å²) in [5.41, 5.74) is 2.01. The molecule has 22 heavy (non-hydrogen) atoms. The van der Waals surface area contributed by atoms with Crippen molar-refractivity contribution >= 4 is 17.6 Å². The maximum atomic E-state index is 12.4. The van der Waals surface area contributed by atoms with Crippen LogP contribution < -0.4 is 4.90 Å². The van der Waals surface area contributed by atoms with Gasteiger partial charge >= 0.3 is 5.97 Å². The van der Waals surface area contributed by atoms with Gasteiger partial charge in [-0.25, -0.2) is 0 Å². The number of likely N-dealkylation sites (tertiary alicyclic amines) is 1. The fourth-order valence-corrected chi connectivity index (χ4v) is 2.76. The zero-order valence-electron chi connectivity index (χ0n) is 13.1. The third-order valence-electron chi connectivity index (χ3n) is 4.00. The molecule has 0 unspecified atom stereocenters. The topological polar surface area (TPSA) is 60.9 Å². The van der Waals surface area contributed by atoms with Crippen LogP contribution in [-0.2, 0) is 9.59 Å². The van der Waals surface area contributed by atoms with Crippen LogP contribution in [0.15, 0.2) is 24.3 Å². The Hall–Kier alpha value is -2.04. The average Bonchev–Trinajstić information content (AvgIpc) is 2.52. The van der Waals surface area contributed by atoms with Crippen molar-refractivity contribution in [1.29, 1.82) is 0 Å². The maximum absolute atomic E-state index is 12.4. The highest BCUT2D eigenvalue weighted by Gasteiger charge is 2.20. The van der Waals surface area contributed by atoms with Gasteiger partial charge in [0.1, 0.15) is 0 Å². The molecule has 0 atom stereocenters. The second-order valence-electron chi connectivity index (χ2n) is 5.85. The molecule has 1 aromatic carbocycles. The predicted molar refractivity (Wildman–Crippen MR) is 86.1 cm³/mol. The number of rotatable bonds is 6. The van der Waals surface area contributed by atoms with Gasteiger partial charge in [-0.3, -0.25) is 9.59 Å². The Labute approximate surface area is 131 Å². The van der Waals surface area contributed by atoms with Gasteiger partial charge in [-0.2, -0.15) is 0 Å². The number of anilines is 1. The molecule has 0 bridgehead atoms. The molecule has 1 heterocycles. The lowest BCUT2D eigenvalue weighted by Crippen LogP contribution is -2.43. The zero-order valence-corrected chi connectivity index (χ0v) is 13.1. The Morgan fingerprint density at radius 1 is 1.23 bits per heavy atom. The summed E-state index contributed by atoms with van der Waals surface area (Å²) >= 11 is 0. The first kappa shape index (κ1) is 16.3. The fraction of sp³-hybridized carbons (Fsp3) is 0.529. The number of carbonyl (C=O) groups excluding carboxylic acids is 1. The minimum absolute atomic E-state index is 0.0290. The minimum atomic E-state index is -0.844. The van der Waals surface area contributed by atoms with E-state index >= 15 is 0 Å². The molecular formula is C17H24N2O3. The van der Waals surface area contributed by atoms with Gasteiger partial charge in [-0.1, -0.05) is 12.1 Å². The van der Waals surface area contributed by atoms with Crippen molar-refractivity contribution in [1.82, 2.24) is 4.90 Å². The van der Waals surface area contributed by atoms with Crippen LogP contribution >= 0.6 is 0 Å². The second-order valence-corrected chi connectivity index (χ2v) is 5.85. The Balaban J connectivity index is 2.06. The van der Waals surface area contributed by atoms with E-state index in [2.05, 4.69) is 0 Å². The minimum Gasteiger partial charge on any atom is -0.481 e.